The summed E-state index contributed by atoms with van der Waals surface area (Å²) in [6.45, 7) is 5.96. The molecular weight excluding hydrogens is 192 g/mol. The molecule has 1 atom stereocenters. The highest BCUT2D eigenvalue weighted by atomic mass is 32.1. The molecule has 0 amide bonds. The van der Waals surface area contributed by atoms with Gasteiger partial charge in [-0.2, -0.15) is 0 Å². The van der Waals surface area contributed by atoms with Crippen LogP contribution in [0.2, 0.25) is 0 Å². The van der Waals surface area contributed by atoms with Crippen LogP contribution < -0.4 is 11.3 Å². The minimum atomic E-state index is 0.130. The number of thiophene rings is 1. The van der Waals surface area contributed by atoms with Gasteiger partial charge in [-0.3, -0.25) is 5.84 Å². The Labute approximate surface area is 88.8 Å². The van der Waals surface area contributed by atoms with Crippen molar-refractivity contribution in [1.82, 2.24) is 5.43 Å². The second-order valence-corrected chi connectivity index (χ2v) is 5.07. The Morgan fingerprint density at radius 2 is 2.43 bits per heavy atom. The Morgan fingerprint density at radius 3 is 3.00 bits per heavy atom. The van der Waals surface area contributed by atoms with E-state index in [1.807, 2.05) is 18.3 Å². The molecule has 2 rings (SSSR count). The summed E-state index contributed by atoms with van der Waals surface area (Å²) < 4.78 is 0. The fourth-order valence-corrected chi connectivity index (χ4v) is 3.37. The summed E-state index contributed by atoms with van der Waals surface area (Å²) in [4.78, 5) is 2.85. The molecule has 1 aliphatic carbocycles. The van der Waals surface area contributed by atoms with E-state index in [4.69, 9.17) is 5.84 Å². The smallest absolute Gasteiger partial charge is 0.0757 e. The summed E-state index contributed by atoms with van der Waals surface area (Å²) in [5.41, 5.74) is 5.41. The van der Waals surface area contributed by atoms with Gasteiger partial charge >= 0.3 is 0 Å². The molecular formula is C11H16N2S. The first-order valence-corrected chi connectivity index (χ1v) is 5.77. The molecule has 76 valence electrons. The third-order valence-electron chi connectivity index (χ3n) is 2.71. The first-order valence-electron chi connectivity index (χ1n) is 4.95. The van der Waals surface area contributed by atoms with Crippen LogP contribution in [-0.4, -0.2) is 0 Å². The molecule has 14 heavy (non-hydrogen) atoms. The lowest BCUT2D eigenvalue weighted by molar-refractivity contribution is 0.636. The lowest BCUT2D eigenvalue weighted by Gasteiger charge is -2.13. The third-order valence-corrected chi connectivity index (χ3v) is 4.01. The predicted molar refractivity (Wildman–Crippen MR) is 61.2 cm³/mol. The van der Waals surface area contributed by atoms with Crippen molar-refractivity contribution in [3.05, 3.63) is 33.5 Å². The van der Waals surface area contributed by atoms with Gasteiger partial charge in [0.15, 0.2) is 0 Å². The largest absolute Gasteiger partial charge is 0.271 e. The van der Waals surface area contributed by atoms with E-state index in [0.29, 0.717) is 0 Å². The van der Waals surface area contributed by atoms with Gasteiger partial charge in [0.2, 0.25) is 0 Å². The zero-order valence-electron chi connectivity index (χ0n) is 8.47. The Hall–Kier alpha value is -0.640. The predicted octanol–water partition coefficient (Wildman–Crippen LogP) is 2.32. The Bertz CT molecular complexity index is 333. The first kappa shape index (κ1) is 9.90. The van der Waals surface area contributed by atoms with Gasteiger partial charge in [0, 0.05) is 9.75 Å². The van der Waals surface area contributed by atoms with Gasteiger partial charge in [-0.1, -0.05) is 12.2 Å². The first-order chi connectivity index (χ1) is 6.72. The normalized spacial score (nSPS) is 16.7. The molecule has 2 nitrogen and oxygen atoms in total. The highest BCUT2D eigenvalue weighted by Crippen LogP contribution is 2.35. The third kappa shape index (κ3) is 1.63. The lowest BCUT2D eigenvalue weighted by Crippen LogP contribution is -2.27. The van der Waals surface area contributed by atoms with Crippen molar-refractivity contribution in [3.63, 3.8) is 0 Å². The molecule has 0 spiro atoms. The van der Waals surface area contributed by atoms with Gasteiger partial charge < -0.3 is 0 Å². The zero-order valence-corrected chi connectivity index (χ0v) is 9.29. The number of nitrogens with one attached hydrogen (secondary N) is 1. The van der Waals surface area contributed by atoms with Gasteiger partial charge in [-0.25, -0.2) is 5.43 Å². The van der Waals surface area contributed by atoms with Crippen LogP contribution in [0.4, 0.5) is 0 Å². The van der Waals surface area contributed by atoms with Crippen LogP contribution in [0.25, 0.3) is 0 Å². The molecule has 1 aromatic heterocycles. The van der Waals surface area contributed by atoms with Crippen LogP contribution in [0.1, 0.15) is 34.7 Å². The molecule has 3 heteroatoms. The molecule has 0 bridgehead atoms. The van der Waals surface area contributed by atoms with E-state index in [-0.39, 0.29) is 6.04 Å². The topological polar surface area (TPSA) is 38.0 Å². The average Bonchev–Trinajstić information content (AvgIpc) is 2.63. The average molecular weight is 208 g/mol. The highest BCUT2D eigenvalue weighted by molar-refractivity contribution is 7.12. The van der Waals surface area contributed by atoms with Crippen LogP contribution in [0.5, 0.6) is 0 Å². The number of hydrogen-bond donors (Lipinski definition) is 2. The summed E-state index contributed by atoms with van der Waals surface area (Å²) in [5.74, 6) is 5.52. The molecule has 0 radical (unpaired) electrons. The van der Waals surface area contributed by atoms with Gasteiger partial charge in [-0.15, -0.1) is 11.3 Å². The summed E-state index contributed by atoms with van der Waals surface area (Å²) in [6, 6.07) is 2.41. The Morgan fingerprint density at radius 1 is 1.64 bits per heavy atom. The van der Waals surface area contributed by atoms with Crippen molar-refractivity contribution >= 4 is 11.3 Å². The second-order valence-electron chi connectivity index (χ2n) is 3.90. The minimum absolute atomic E-state index is 0.130. The van der Waals surface area contributed by atoms with E-state index >= 15 is 0 Å². The number of nitrogens with two attached hydrogens (primary N) is 1. The maximum atomic E-state index is 5.52. The second kappa shape index (κ2) is 3.85. The monoisotopic (exact) mass is 208 g/mol. The van der Waals surface area contributed by atoms with E-state index in [0.717, 1.165) is 5.57 Å². The number of hydrazine groups is 1. The van der Waals surface area contributed by atoms with Gasteiger partial charge in [-0.05, 0) is 37.8 Å². The van der Waals surface area contributed by atoms with Crippen molar-refractivity contribution in [2.45, 2.75) is 32.2 Å². The fourth-order valence-electron chi connectivity index (χ4n) is 1.96. The van der Waals surface area contributed by atoms with E-state index in [2.05, 4.69) is 18.1 Å². The highest BCUT2D eigenvalue weighted by Gasteiger charge is 2.19. The van der Waals surface area contributed by atoms with Crippen molar-refractivity contribution in [3.8, 4) is 0 Å². The SMILES string of the molecule is C=C(C)C(NN)c1cc2c(s1)CCC2. The molecule has 3 N–H and O–H groups in total. The Balaban J connectivity index is 2.27. The summed E-state index contributed by atoms with van der Waals surface area (Å²) >= 11 is 1.88. The van der Waals surface area contributed by atoms with Gasteiger partial charge in [0.1, 0.15) is 0 Å². The van der Waals surface area contributed by atoms with E-state index < -0.39 is 0 Å². The maximum absolute atomic E-state index is 5.52. The molecule has 0 fully saturated rings. The van der Waals surface area contributed by atoms with Crippen molar-refractivity contribution in [2.24, 2.45) is 5.84 Å². The van der Waals surface area contributed by atoms with Crippen molar-refractivity contribution in [2.75, 3.05) is 0 Å². The molecule has 0 saturated heterocycles. The Kier molecular flexibility index (Phi) is 2.72. The van der Waals surface area contributed by atoms with Crippen LogP contribution >= 0.6 is 11.3 Å². The van der Waals surface area contributed by atoms with Crippen LogP contribution in [-0.2, 0) is 12.8 Å². The summed E-state index contributed by atoms with van der Waals surface area (Å²) in [6.07, 6.45) is 3.79. The fraction of sp³-hybridized carbons (Fsp3) is 0.455. The molecule has 1 aliphatic rings. The molecule has 1 unspecified atom stereocenters. The van der Waals surface area contributed by atoms with Crippen molar-refractivity contribution in [1.29, 1.82) is 0 Å². The molecule has 0 saturated carbocycles. The van der Waals surface area contributed by atoms with Gasteiger partial charge in [0.25, 0.3) is 0 Å². The quantitative estimate of drug-likeness (QED) is 0.454. The maximum Gasteiger partial charge on any atom is 0.0757 e. The lowest BCUT2D eigenvalue weighted by atomic mass is 10.1. The van der Waals surface area contributed by atoms with Crippen LogP contribution in [0, 0.1) is 0 Å². The molecule has 1 aromatic rings. The van der Waals surface area contributed by atoms with Crippen LogP contribution in [0.15, 0.2) is 18.2 Å². The number of hydrogen-bond acceptors (Lipinski definition) is 3. The van der Waals surface area contributed by atoms with E-state index in [1.54, 1.807) is 4.88 Å². The number of rotatable bonds is 3. The van der Waals surface area contributed by atoms with E-state index in [9.17, 15) is 0 Å². The van der Waals surface area contributed by atoms with E-state index in [1.165, 1.54) is 29.7 Å². The zero-order chi connectivity index (χ0) is 10.1. The molecule has 0 aliphatic heterocycles. The standard InChI is InChI=1S/C11H16N2S/c1-7(2)11(13-12)10-6-8-4-3-5-9(8)14-10/h6,11,13H,1,3-5,12H2,2H3. The summed E-state index contributed by atoms with van der Waals surface area (Å²) in [7, 11) is 0. The molecule has 0 aromatic carbocycles. The number of fused-ring (bicyclic) bond motifs is 1. The minimum Gasteiger partial charge on any atom is -0.271 e. The summed E-state index contributed by atoms with van der Waals surface area (Å²) in [5, 5.41) is 0. The van der Waals surface area contributed by atoms with Crippen molar-refractivity contribution < 1.29 is 0 Å². The molecule has 1 heterocycles. The number of aryl methyl sites for hydroxylation is 2. The van der Waals surface area contributed by atoms with Crippen LogP contribution in [0.3, 0.4) is 0 Å². The van der Waals surface area contributed by atoms with Gasteiger partial charge in [0.05, 0.1) is 6.04 Å².